The lowest BCUT2D eigenvalue weighted by molar-refractivity contribution is 0.223. The number of hydrogen-bond donors (Lipinski definition) is 2. The Morgan fingerprint density at radius 1 is 1.42 bits per heavy atom. The molecule has 142 valence electrons. The highest BCUT2D eigenvalue weighted by atomic mass is 16.3. The number of likely N-dealkylation sites (N-methyl/N-ethyl adjacent to an activating group) is 1. The van der Waals surface area contributed by atoms with Crippen LogP contribution in [0.1, 0.15) is 33.0 Å². The molecule has 1 saturated heterocycles. The van der Waals surface area contributed by atoms with Crippen LogP contribution in [0.15, 0.2) is 27.8 Å². The number of nitrogens with zero attached hydrogens (tertiary/aromatic N) is 5. The highest BCUT2D eigenvalue weighted by Gasteiger charge is 2.28. The third kappa shape index (κ3) is 4.24. The number of likely N-dealkylation sites (tertiary alicyclic amines) is 1. The minimum atomic E-state index is 0.461. The molecule has 1 aliphatic heterocycles. The van der Waals surface area contributed by atoms with Crippen molar-refractivity contribution in [3.8, 4) is 11.6 Å². The second-order valence-corrected chi connectivity index (χ2v) is 6.36. The first-order chi connectivity index (χ1) is 12.7. The molecule has 3 heterocycles. The Labute approximate surface area is 154 Å². The molecule has 0 aliphatic carbocycles. The van der Waals surface area contributed by atoms with Crippen molar-refractivity contribution in [2.24, 2.45) is 4.99 Å². The molecule has 0 bridgehead atoms. The molecule has 26 heavy (non-hydrogen) atoms. The standard InChI is InChI=1S/C18H29N7O/c1-4-19-18(25-10-9-14(13-25)24(5-2)6-3)20-12-16-21-17(23-22-16)15-8-7-11-26-15/h7-8,11,14H,4-6,9-10,12-13H2,1-3H3,(H,19,20)(H,21,22,23). The Kier molecular flexibility index (Phi) is 6.27. The molecule has 3 rings (SSSR count). The van der Waals surface area contributed by atoms with Gasteiger partial charge in [0.05, 0.1) is 6.26 Å². The molecule has 8 nitrogen and oxygen atoms in total. The normalized spacial score (nSPS) is 18.1. The van der Waals surface area contributed by atoms with Crippen LogP contribution in [-0.4, -0.2) is 69.7 Å². The zero-order valence-electron chi connectivity index (χ0n) is 15.9. The van der Waals surface area contributed by atoms with Crippen molar-refractivity contribution >= 4 is 5.96 Å². The number of hydrogen-bond acceptors (Lipinski definition) is 5. The van der Waals surface area contributed by atoms with Gasteiger partial charge in [-0.1, -0.05) is 13.8 Å². The summed E-state index contributed by atoms with van der Waals surface area (Å²) in [5.41, 5.74) is 0. The topological polar surface area (TPSA) is 85.6 Å². The smallest absolute Gasteiger partial charge is 0.216 e. The lowest BCUT2D eigenvalue weighted by Crippen LogP contribution is -2.43. The average molecular weight is 359 g/mol. The summed E-state index contributed by atoms with van der Waals surface area (Å²) in [7, 11) is 0. The van der Waals surface area contributed by atoms with E-state index in [9.17, 15) is 0 Å². The molecule has 1 fully saturated rings. The second-order valence-electron chi connectivity index (χ2n) is 6.36. The molecule has 1 aliphatic rings. The van der Waals surface area contributed by atoms with Gasteiger partial charge in [-0.2, -0.15) is 0 Å². The van der Waals surface area contributed by atoms with E-state index in [2.05, 4.69) is 51.1 Å². The van der Waals surface area contributed by atoms with E-state index >= 15 is 0 Å². The molecule has 2 N–H and O–H groups in total. The van der Waals surface area contributed by atoms with E-state index in [1.54, 1.807) is 6.26 Å². The Hall–Kier alpha value is -2.35. The second kappa shape index (κ2) is 8.84. The van der Waals surface area contributed by atoms with Crippen LogP contribution < -0.4 is 5.32 Å². The van der Waals surface area contributed by atoms with E-state index in [1.165, 1.54) is 6.42 Å². The Morgan fingerprint density at radius 2 is 2.27 bits per heavy atom. The van der Waals surface area contributed by atoms with Gasteiger partial charge in [0.25, 0.3) is 0 Å². The van der Waals surface area contributed by atoms with Crippen LogP contribution >= 0.6 is 0 Å². The quantitative estimate of drug-likeness (QED) is 0.580. The SMILES string of the molecule is CCNC(=NCc1nc(-c2ccco2)n[nH]1)N1CCC(N(CC)CC)C1. The molecule has 1 unspecified atom stereocenters. The van der Waals surface area contributed by atoms with Crippen molar-refractivity contribution in [2.75, 3.05) is 32.7 Å². The highest BCUT2D eigenvalue weighted by molar-refractivity contribution is 5.80. The summed E-state index contributed by atoms with van der Waals surface area (Å²) in [4.78, 5) is 14.1. The van der Waals surface area contributed by atoms with Crippen LogP contribution in [-0.2, 0) is 6.54 Å². The van der Waals surface area contributed by atoms with Gasteiger partial charge in [0, 0.05) is 25.7 Å². The molecule has 0 radical (unpaired) electrons. The van der Waals surface area contributed by atoms with E-state index in [4.69, 9.17) is 9.41 Å². The highest BCUT2D eigenvalue weighted by Crippen LogP contribution is 2.17. The van der Waals surface area contributed by atoms with Crippen molar-refractivity contribution in [1.29, 1.82) is 0 Å². The largest absolute Gasteiger partial charge is 0.461 e. The Bertz CT molecular complexity index is 690. The fourth-order valence-corrected chi connectivity index (χ4v) is 3.43. The molecule has 1 atom stereocenters. The first kappa shape index (κ1) is 18.4. The van der Waals surface area contributed by atoms with E-state index < -0.39 is 0 Å². The zero-order chi connectivity index (χ0) is 18.4. The monoisotopic (exact) mass is 359 g/mol. The number of guanidine groups is 1. The van der Waals surface area contributed by atoms with E-state index in [-0.39, 0.29) is 0 Å². The van der Waals surface area contributed by atoms with Crippen molar-refractivity contribution < 1.29 is 4.42 Å². The summed E-state index contributed by atoms with van der Waals surface area (Å²) in [6, 6.07) is 4.27. The van der Waals surface area contributed by atoms with E-state index in [1.807, 2.05) is 12.1 Å². The van der Waals surface area contributed by atoms with Gasteiger partial charge in [-0.25, -0.2) is 9.98 Å². The summed E-state index contributed by atoms with van der Waals surface area (Å²) in [5.74, 6) is 2.89. The molecule has 0 spiro atoms. The first-order valence-electron chi connectivity index (χ1n) is 9.47. The van der Waals surface area contributed by atoms with E-state index in [0.29, 0.717) is 24.2 Å². The third-order valence-electron chi connectivity index (χ3n) is 4.78. The Morgan fingerprint density at radius 3 is 2.96 bits per heavy atom. The predicted octanol–water partition coefficient (Wildman–Crippen LogP) is 1.95. The molecule has 2 aromatic rings. The van der Waals surface area contributed by atoms with Crippen LogP contribution in [0.2, 0.25) is 0 Å². The maximum Gasteiger partial charge on any atom is 0.216 e. The number of H-pyrrole nitrogens is 1. The molecular formula is C18H29N7O. The molecule has 0 aromatic carbocycles. The first-order valence-corrected chi connectivity index (χ1v) is 9.47. The average Bonchev–Trinajstić information content (AvgIpc) is 3.40. The van der Waals surface area contributed by atoms with Crippen LogP contribution in [0.5, 0.6) is 0 Å². The van der Waals surface area contributed by atoms with Crippen molar-refractivity contribution in [2.45, 2.75) is 39.8 Å². The van der Waals surface area contributed by atoms with Crippen molar-refractivity contribution in [3.63, 3.8) is 0 Å². The summed E-state index contributed by atoms with van der Waals surface area (Å²) in [6.45, 7) is 12.1. The summed E-state index contributed by atoms with van der Waals surface area (Å²) >= 11 is 0. The molecule has 2 aromatic heterocycles. The lowest BCUT2D eigenvalue weighted by Gasteiger charge is -2.27. The summed E-state index contributed by atoms with van der Waals surface area (Å²) in [5, 5.41) is 10.5. The number of aliphatic imine (C=N–C) groups is 1. The number of rotatable bonds is 7. The number of nitrogens with one attached hydrogen (secondary N) is 2. The molecular weight excluding hydrogens is 330 g/mol. The van der Waals surface area contributed by atoms with Gasteiger partial charge in [0.2, 0.25) is 5.82 Å². The van der Waals surface area contributed by atoms with Gasteiger partial charge >= 0.3 is 0 Å². The fraction of sp³-hybridized carbons (Fsp3) is 0.611. The van der Waals surface area contributed by atoms with Gasteiger partial charge in [0.15, 0.2) is 11.7 Å². The molecule has 0 saturated carbocycles. The summed E-state index contributed by atoms with van der Waals surface area (Å²) in [6.07, 6.45) is 2.80. The van der Waals surface area contributed by atoms with Crippen LogP contribution in [0, 0.1) is 0 Å². The fourth-order valence-electron chi connectivity index (χ4n) is 3.43. The lowest BCUT2D eigenvalue weighted by atomic mass is 10.2. The number of furan rings is 1. The minimum Gasteiger partial charge on any atom is -0.461 e. The molecule has 0 amide bonds. The minimum absolute atomic E-state index is 0.461. The zero-order valence-corrected chi connectivity index (χ0v) is 15.9. The van der Waals surface area contributed by atoms with Gasteiger partial charge in [-0.05, 0) is 38.6 Å². The van der Waals surface area contributed by atoms with Gasteiger partial charge in [0.1, 0.15) is 12.4 Å². The van der Waals surface area contributed by atoms with Crippen LogP contribution in [0.3, 0.4) is 0 Å². The summed E-state index contributed by atoms with van der Waals surface area (Å²) < 4.78 is 5.33. The van der Waals surface area contributed by atoms with Gasteiger partial charge in [-0.15, -0.1) is 5.10 Å². The van der Waals surface area contributed by atoms with Crippen molar-refractivity contribution in [1.82, 2.24) is 30.3 Å². The third-order valence-corrected chi connectivity index (χ3v) is 4.78. The number of aromatic nitrogens is 3. The maximum absolute atomic E-state index is 5.33. The maximum atomic E-state index is 5.33. The number of aromatic amines is 1. The van der Waals surface area contributed by atoms with Crippen molar-refractivity contribution in [3.05, 3.63) is 24.2 Å². The van der Waals surface area contributed by atoms with Gasteiger partial charge in [-0.3, -0.25) is 10.00 Å². The predicted molar refractivity (Wildman–Crippen MR) is 102 cm³/mol. The molecule has 8 heteroatoms. The van der Waals surface area contributed by atoms with Gasteiger partial charge < -0.3 is 14.6 Å². The van der Waals surface area contributed by atoms with Crippen LogP contribution in [0.25, 0.3) is 11.6 Å². The van der Waals surface area contributed by atoms with E-state index in [0.717, 1.165) is 44.5 Å². The van der Waals surface area contributed by atoms with Crippen LogP contribution in [0.4, 0.5) is 0 Å². The Balaban J connectivity index is 1.64.